The second-order valence-corrected chi connectivity index (χ2v) is 9.04. The van der Waals surface area contributed by atoms with Gasteiger partial charge in [-0.25, -0.2) is 0 Å². The molecule has 0 radical (unpaired) electrons. The Morgan fingerprint density at radius 1 is 1.13 bits per heavy atom. The third-order valence-corrected chi connectivity index (χ3v) is 7.08. The lowest BCUT2D eigenvalue weighted by Gasteiger charge is -2.35. The molecule has 4 rings (SSSR count). The van der Waals surface area contributed by atoms with Crippen LogP contribution < -0.4 is 4.90 Å². The van der Waals surface area contributed by atoms with Crippen molar-refractivity contribution in [3.8, 4) is 0 Å². The van der Waals surface area contributed by atoms with Gasteiger partial charge in [-0.15, -0.1) is 10.2 Å². The molecule has 0 bridgehead atoms. The van der Waals surface area contributed by atoms with E-state index in [1.165, 1.54) is 37.1 Å². The lowest BCUT2D eigenvalue weighted by Crippen LogP contribution is -2.49. The van der Waals surface area contributed by atoms with E-state index in [4.69, 9.17) is 0 Å². The van der Waals surface area contributed by atoms with E-state index in [0.717, 1.165) is 23.8 Å². The molecule has 0 atom stereocenters. The Bertz CT molecular complexity index is 935. The lowest BCUT2D eigenvalue weighted by molar-refractivity contribution is -0.384. The van der Waals surface area contributed by atoms with Crippen LogP contribution in [-0.4, -0.2) is 62.4 Å². The number of nitrogens with zero attached hydrogens (tertiary/aromatic N) is 6. The maximum absolute atomic E-state index is 12.8. The van der Waals surface area contributed by atoms with Gasteiger partial charge in [0.05, 0.1) is 10.7 Å². The van der Waals surface area contributed by atoms with Gasteiger partial charge in [0.1, 0.15) is 11.5 Å². The van der Waals surface area contributed by atoms with E-state index in [2.05, 4.69) is 14.8 Å². The highest BCUT2D eigenvalue weighted by Crippen LogP contribution is 2.33. The van der Waals surface area contributed by atoms with Crippen LogP contribution in [0.5, 0.6) is 0 Å². The summed E-state index contributed by atoms with van der Waals surface area (Å²) in [6, 6.07) is 7.21. The number of hydrogen-bond acceptors (Lipinski definition) is 7. The van der Waals surface area contributed by atoms with Crippen molar-refractivity contribution in [3.05, 3.63) is 40.2 Å². The van der Waals surface area contributed by atoms with Crippen molar-refractivity contribution in [2.24, 2.45) is 0 Å². The van der Waals surface area contributed by atoms with Gasteiger partial charge in [0.25, 0.3) is 5.69 Å². The Kier molecular flexibility index (Phi) is 6.74. The molecule has 9 nitrogen and oxygen atoms in total. The number of piperazine rings is 1. The lowest BCUT2D eigenvalue weighted by atomic mass is 9.95. The molecule has 166 valence electrons. The number of benzene rings is 1. The minimum atomic E-state index is -0.353. The summed E-state index contributed by atoms with van der Waals surface area (Å²) in [6.07, 6.45) is 6.04. The number of hydrogen-bond donors (Lipinski definition) is 0. The fourth-order valence-corrected chi connectivity index (χ4v) is 5.46. The number of nitro groups is 1. The number of thioether (sulfide) groups is 1. The maximum atomic E-state index is 12.8. The molecule has 0 spiro atoms. The fraction of sp³-hybridized carbons (Fsp3) is 0.571. The topological polar surface area (TPSA) is 97.4 Å². The van der Waals surface area contributed by atoms with E-state index in [1.54, 1.807) is 18.2 Å². The van der Waals surface area contributed by atoms with Crippen molar-refractivity contribution < 1.29 is 9.72 Å². The summed E-state index contributed by atoms with van der Waals surface area (Å²) in [5.41, 5.74) is 0.722. The van der Waals surface area contributed by atoms with Gasteiger partial charge in [0.2, 0.25) is 5.91 Å². The number of nitro benzene ring substituents is 1. The van der Waals surface area contributed by atoms with E-state index in [-0.39, 0.29) is 16.5 Å². The van der Waals surface area contributed by atoms with Gasteiger partial charge in [0.15, 0.2) is 5.16 Å². The van der Waals surface area contributed by atoms with Crippen molar-refractivity contribution in [1.82, 2.24) is 19.7 Å². The van der Waals surface area contributed by atoms with Crippen molar-refractivity contribution >= 4 is 29.0 Å². The molecule has 1 saturated heterocycles. The molecule has 2 heterocycles. The highest BCUT2D eigenvalue weighted by atomic mass is 32.2. The number of anilines is 1. The molecule has 1 aliphatic carbocycles. The normalized spacial score (nSPS) is 17.7. The summed E-state index contributed by atoms with van der Waals surface area (Å²) >= 11 is 1.46. The van der Waals surface area contributed by atoms with Gasteiger partial charge in [-0.05, 0) is 25.8 Å². The van der Waals surface area contributed by atoms with Crippen LogP contribution in [0.25, 0.3) is 0 Å². The number of carbonyl (C=O) groups is 1. The average Bonchev–Trinajstić information content (AvgIpc) is 3.18. The largest absolute Gasteiger partial charge is 0.362 e. The smallest absolute Gasteiger partial charge is 0.292 e. The zero-order valence-electron chi connectivity index (χ0n) is 17.8. The SMILES string of the molecule is Cc1nnc(SCC(=O)N2CCN(c3ccccc3[N+](=O)[O-])CC2)n1C1CCCCC1. The number of aryl methyl sites for hydroxylation is 1. The third kappa shape index (κ3) is 4.84. The number of rotatable bonds is 6. The molecular weight excluding hydrogens is 416 g/mol. The fourth-order valence-electron chi connectivity index (χ4n) is 4.51. The standard InChI is InChI=1S/C21H28N6O3S/c1-16-22-23-21(26(16)17-7-3-2-4-8-17)31-15-20(28)25-13-11-24(12-14-25)18-9-5-6-10-19(18)27(29)30/h5-6,9-10,17H,2-4,7-8,11-15H2,1H3. The van der Waals surface area contributed by atoms with E-state index in [9.17, 15) is 14.9 Å². The molecule has 1 aromatic carbocycles. The molecule has 2 aromatic rings. The van der Waals surface area contributed by atoms with Gasteiger partial charge in [-0.3, -0.25) is 14.9 Å². The highest BCUT2D eigenvalue weighted by Gasteiger charge is 2.26. The first kappa shape index (κ1) is 21.6. The minimum absolute atomic E-state index is 0.0723. The van der Waals surface area contributed by atoms with Crippen LogP contribution in [0.2, 0.25) is 0 Å². The summed E-state index contributed by atoms with van der Waals surface area (Å²) in [5, 5.41) is 20.7. The molecule has 2 aliphatic rings. The van der Waals surface area contributed by atoms with Gasteiger partial charge >= 0.3 is 0 Å². The van der Waals surface area contributed by atoms with Gasteiger partial charge in [-0.2, -0.15) is 0 Å². The zero-order chi connectivity index (χ0) is 21.8. The quantitative estimate of drug-likeness (QED) is 0.382. The van der Waals surface area contributed by atoms with Crippen LogP contribution in [-0.2, 0) is 4.79 Å². The summed E-state index contributed by atoms with van der Waals surface area (Å²) in [4.78, 5) is 27.6. The Morgan fingerprint density at radius 2 is 1.84 bits per heavy atom. The van der Waals surface area contributed by atoms with Crippen LogP contribution in [0.4, 0.5) is 11.4 Å². The molecule has 1 aliphatic heterocycles. The molecule has 1 saturated carbocycles. The zero-order valence-corrected chi connectivity index (χ0v) is 18.6. The van der Waals surface area contributed by atoms with Crippen LogP contribution >= 0.6 is 11.8 Å². The van der Waals surface area contributed by atoms with Crippen molar-refractivity contribution in [1.29, 1.82) is 0 Å². The van der Waals surface area contributed by atoms with Crippen LogP contribution in [0.3, 0.4) is 0 Å². The van der Waals surface area contributed by atoms with Crippen LogP contribution in [0.1, 0.15) is 44.0 Å². The average molecular weight is 445 g/mol. The second-order valence-electron chi connectivity index (χ2n) is 8.09. The van der Waals surface area contributed by atoms with E-state index in [0.29, 0.717) is 43.7 Å². The number of carbonyl (C=O) groups excluding carboxylic acids is 1. The Hall–Kier alpha value is -2.62. The molecule has 1 aromatic heterocycles. The van der Waals surface area contributed by atoms with Gasteiger partial charge in [-0.1, -0.05) is 43.2 Å². The van der Waals surface area contributed by atoms with E-state index < -0.39 is 0 Å². The number of para-hydroxylation sites is 2. The summed E-state index contributed by atoms with van der Waals surface area (Å²) in [6.45, 7) is 4.26. The van der Waals surface area contributed by atoms with Gasteiger partial charge in [0, 0.05) is 38.3 Å². The summed E-state index contributed by atoms with van der Waals surface area (Å²) in [5.74, 6) is 1.32. The van der Waals surface area contributed by atoms with E-state index >= 15 is 0 Å². The number of aromatic nitrogens is 3. The van der Waals surface area contributed by atoms with Crippen molar-refractivity contribution in [2.45, 2.75) is 50.2 Å². The minimum Gasteiger partial charge on any atom is -0.362 e. The van der Waals surface area contributed by atoms with Crippen molar-refractivity contribution in [2.75, 3.05) is 36.8 Å². The molecule has 31 heavy (non-hydrogen) atoms. The molecule has 0 unspecified atom stereocenters. The Morgan fingerprint density at radius 3 is 2.55 bits per heavy atom. The molecule has 2 fully saturated rings. The van der Waals surface area contributed by atoms with Crippen LogP contribution in [0.15, 0.2) is 29.4 Å². The molecule has 1 amide bonds. The predicted molar refractivity (Wildman–Crippen MR) is 119 cm³/mol. The van der Waals surface area contributed by atoms with E-state index in [1.807, 2.05) is 16.7 Å². The first-order chi connectivity index (χ1) is 15.0. The Balaban J connectivity index is 1.33. The maximum Gasteiger partial charge on any atom is 0.292 e. The number of amides is 1. The first-order valence-corrected chi connectivity index (χ1v) is 11.8. The third-order valence-electron chi connectivity index (χ3n) is 6.15. The molecule has 10 heteroatoms. The van der Waals surface area contributed by atoms with Gasteiger partial charge < -0.3 is 14.4 Å². The predicted octanol–water partition coefficient (Wildman–Crippen LogP) is 3.44. The monoisotopic (exact) mass is 444 g/mol. The van der Waals surface area contributed by atoms with Crippen molar-refractivity contribution in [3.63, 3.8) is 0 Å². The summed E-state index contributed by atoms with van der Waals surface area (Å²) < 4.78 is 2.21. The highest BCUT2D eigenvalue weighted by molar-refractivity contribution is 7.99. The Labute approximate surface area is 186 Å². The first-order valence-electron chi connectivity index (χ1n) is 10.8. The summed E-state index contributed by atoms with van der Waals surface area (Å²) in [7, 11) is 0. The second kappa shape index (κ2) is 9.67. The van der Waals surface area contributed by atoms with Crippen LogP contribution in [0, 0.1) is 17.0 Å². The molecule has 0 N–H and O–H groups in total. The molecular formula is C21H28N6O3S.